The van der Waals surface area contributed by atoms with Crippen LogP contribution < -0.4 is 0 Å². The molecule has 0 spiro atoms. The predicted octanol–water partition coefficient (Wildman–Crippen LogP) is 8.02. The maximum absolute atomic E-state index is 14.7. The molecule has 0 aliphatic heterocycles. The molecule has 0 aliphatic rings. The predicted molar refractivity (Wildman–Crippen MR) is 202 cm³/mol. The van der Waals surface area contributed by atoms with E-state index < -0.39 is 71.0 Å². The lowest BCUT2D eigenvalue weighted by molar-refractivity contribution is -0.203. The number of carbonyl (C=O) groups excluding carboxylic acids is 4. The number of methoxy groups -OCH3 is 2. The highest BCUT2D eigenvalue weighted by Crippen LogP contribution is 2.61. The number of benzene rings is 4. The monoisotopic (exact) mass is 774 g/mol. The van der Waals surface area contributed by atoms with Gasteiger partial charge in [0.25, 0.3) is 0 Å². The van der Waals surface area contributed by atoms with Gasteiger partial charge in [-0.1, -0.05) is 110 Å². The standard InChI is InChI=1S/C42H40Cl2O10/c1-5-25-7-11-29(12-8-25)35(45)23-33(27-15-19-31(43)20-16-27)41(37(47)48,38(49)50)42(39(51)53-3,40(52)54-4)34(28-17-21-32(44)22-18-28)24-36(46)30-13-9-26(6-2)10-14-30/h7-22,33-34H,5-6,23-24H2,1-4H3,(H,47,48)(H,49,50). The fourth-order valence-corrected chi connectivity index (χ4v) is 7.43. The van der Waals surface area contributed by atoms with E-state index in [0.717, 1.165) is 25.3 Å². The number of ether oxygens (including phenoxy) is 2. The lowest BCUT2D eigenvalue weighted by Gasteiger charge is -2.48. The van der Waals surface area contributed by atoms with Gasteiger partial charge in [-0.15, -0.1) is 0 Å². The number of hydrogen-bond acceptors (Lipinski definition) is 8. The van der Waals surface area contributed by atoms with Crippen LogP contribution in [0, 0.1) is 10.8 Å². The van der Waals surface area contributed by atoms with E-state index in [4.69, 9.17) is 32.7 Å². The molecule has 0 radical (unpaired) electrons. The van der Waals surface area contributed by atoms with E-state index in [1.54, 1.807) is 36.4 Å². The third kappa shape index (κ3) is 7.81. The van der Waals surface area contributed by atoms with Crippen molar-refractivity contribution >= 4 is 58.6 Å². The number of rotatable bonds is 17. The number of halogens is 2. The third-order valence-electron chi connectivity index (χ3n) is 10.0. The maximum atomic E-state index is 14.7. The number of ketones is 2. The molecule has 10 nitrogen and oxygen atoms in total. The van der Waals surface area contributed by atoms with Gasteiger partial charge in [0.2, 0.25) is 0 Å². The molecule has 0 aromatic heterocycles. The van der Waals surface area contributed by atoms with Crippen LogP contribution in [0.3, 0.4) is 0 Å². The van der Waals surface area contributed by atoms with Gasteiger partial charge in [-0.05, 0) is 59.4 Å². The van der Waals surface area contributed by atoms with Crippen molar-refractivity contribution in [2.24, 2.45) is 10.8 Å². The van der Waals surface area contributed by atoms with Crippen molar-refractivity contribution in [3.63, 3.8) is 0 Å². The molecule has 2 N–H and O–H groups in total. The first-order valence-electron chi connectivity index (χ1n) is 17.1. The minimum atomic E-state index is -3.59. The Morgan fingerprint density at radius 1 is 0.537 bits per heavy atom. The van der Waals surface area contributed by atoms with E-state index in [1.165, 1.54) is 60.7 Å². The summed E-state index contributed by atoms with van der Waals surface area (Å²) in [5.74, 6) is -12.8. The molecular weight excluding hydrogens is 735 g/mol. The molecule has 0 saturated carbocycles. The Hall–Kier alpha value is -5.32. The van der Waals surface area contributed by atoms with Gasteiger partial charge in [0, 0.05) is 45.8 Å². The third-order valence-corrected chi connectivity index (χ3v) is 10.6. The molecule has 4 aromatic rings. The van der Waals surface area contributed by atoms with E-state index in [2.05, 4.69) is 0 Å². The molecule has 2 atom stereocenters. The van der Waals surface area contributed by atoms with Crippen molar-refractivity contribution in [1.82, 2.24) is 0 Å². The Morgan fingerprint density at radius 3 is 1.13 bits per heavy atom. The van der Waals surface area contributed by atoms with Crippen LogP contribution in [0.1, 0.15) is 81.5 Å². The van der Waals surface area contributed by atoms with Crippen LogP contribution in [0.2, 0.25) is 10.0 Å². The maximum Gasteiger partial charge on any atom is 0.325 e. The minimum Gasteiger partial charge on any atom is -0.480 e. The molecule has 0 aliphatic carbocycles. The van der Waals surface area contributed by atoms with Crippen LogP contribution in [0.15, 0.2) is 97.1 Å². The molecule has 0 saturated heterocycles. The van der Waals surface area contributed by atoms with Gasteiger partial charge in [-0.3, -0.25) is 28.8 Å². The minimum absolute atomic E-state index is 0.00283. The molecule has 0 fully saturated rings. The zero-order valence-electron chi connectivity index (χ0n) is 30.1. The molecule has 54 heavy (non-hydrogen) atoms. The second kappa shape index (κ2) is 17.7. The summed E-state index contributed by atoms with van der Waals surface area (Å²) in [7, 11) is 1.72. The molecule has 0 amide bonds. The summed E-state index contributed by atoms with van der Waals surface area (Å²) in [5.41, 5.74) is -4.94. The molecule has 282 valence electrons. The highest BCUT2D eigenvalue weighted by molar-refractivity contribution is 6.31. The van der Waals surface area contributed by atoms with Crippen molar-refractivity contribution in [3.8, 4) is 0 Å². The smallest absolute Gasteiger partial charge is 0.325 e. The van der Waals surface area contributed by atoms with Crippen molar-refractivity contribution < 1.29 is 48.5 Å². The quantitative estimate of drug-likeness (QED) is 0.0611. The molecule has 4 aromatic carbocycles. The van der Waals surface area contributed by atoms with Crippen LogP contribution in [0.4, 0.5) is 0 Å². The van der Waals surface area contributed by atoms with Gasteiger partial charge in [0.15, 0.2) is 22.4 Å². The summed E-state index contributed by atoms with van der Waals surface area (Å²) in [6.45, 7) is 3.84. The zero-order chi connectivity index (χ0) is 39.8. The number of aliphatic carboxylic acids is 2. The number of carbonyl (C=O) groups is 6. The number of hydrogen-bond donors (Lipinski definition) is 2. The van der Waals surface area contributed by atoms with Gasteiger partial charge in [0.05, 0.1) is 14.2 Å². The number of carboxylic acid groups (broad SMARTS) is 2. The van der Waals surface area contributed by atoms with Crippen molar-refractivity contribution in [2.45, 2.75) is 51.4 Å². The molecule has 0 bridgehead atoms. The summed E-state index contributed by atoms with van der Waals surface area (Å²) in [5, 5.41) is 23.3. The molecule has 12 heteroatoms. The van der Waals surface area contributed by atoms with Gasteiger partial charge in [0.1, 0.15) is 0 Å². The number of aryl methyl sites for hydroxylation is 2. The highest BCUT2D eigenvalue weighted by Gasteiger charge is 2.78. The summed E-state index contributed by atoms with van der Waals surface area (Å²) in [6.07, 6.45) is -0.277. The van der Waals surface area contributed by atoms with Crippen molar-refractivity contribution in [3.05, 3.63) is 140 Å². The Labute approximate surface area is 323 Å². The summed E-state index contributed by atoms with van der Waals surface area (Å²) in [4.78, 5) is 86.2. The topological polar surface area (TPSA) is 161 Å². The van der Waals surface area contributed by atoms with Gasteiger partial charge < -0.3 is 19.7 Å². The second-order valence-corrected chi connectivity index (χ2v) is 13.6. The van der Waals surface area contributed by atoms with Crippen LogP contribution in [-0.4, -0.2) is 59.9 Å². The Morgan fingerprint density at radius 2 is 0.852 bits per heavy atom. The largest absolute Gasteiger partial charge is 0.480 e. The summed E-state index contributed by atoms with van der Waals surface area (Å²) < 4.78 is 10.4. The van der Waals surface area contributed by atoms with Gasteiger partial charge >= 0.3 is 23.9 Å². The number of carboxylic acids is 2. The van der Waals surface area contributed by atoms with E-state index in [-0.39, 0.29) is 32.3 Å². The van der Waals surface area contributed by atoms with Crippen LogP contribution in [0.25, 0.3) is 0 Å². The first kappa shape index (κ1) is 41.4. The Kier molecular flexibility index (Phi) is 13.6. The Bertz CT molecular complexity index is 1970. The lowest BCUT2D eigenvalue weighted by atomic mass is 9.48. The number of Topliss-reactive ketones (excluding diaryl/α,β-unsaturated/α-hetero) is 2. The molecule has 0 heterocycles. The van der Waals surface area contributed by atoms with E-state index in [1.807, 2.05) is 13.8 Å². The highest BCUT2D eigenvalue weighted by atomic mass is 35.5. The molecule has 2 unspecified atom stereocenters. The van der Waals surface area contributed by atoms with Crippen molar-refractivity contribution in [1.29, 1.82) is 0 Å². The van der Waals surface area contributed by atoms with Crippen molar-refractivity contribution in [2.75, 3.05) is 14.2 Å². The summed E-state index contributed by atoms with van der Waals surface area (Å²) in [6, 6.07) is 23.8. The SMILES string of the molecule is CCc1ccc(C(=O)CC(c2ccc(Cl)cc2)C(C(=O)O)(C(=O)O)C(C(=O)OC)(C(=O)OC)C(CC(=O)c2ccc(CC)cc2)c2ccc(Cl)cc2)cc1. The Balaban J connectivity index is 2.17. The van der Waals surface area contributed by atoms with Gasteiger partial charge in [-0.2, -0.15) is 0 Å². The fraction of sp³-hybridized carbons (Fsp3) is 0.286. The van der Waals surface area contributed by atoms with Crippen LogP contribution >= 0.6 is 23.2 Å². The van der Waals surface area contributed by atoms with Crippen LogP contribution in [0.5, 0.6) is 0 Å². The first-order chi connectivity index (χ1) is 25.7. The fourth-order valence-electron chi connectivity index (χ4n) is 7.18. The van der Waals surface area contributed by atoms with E-state index in [0.29, 0.717) is 12.8 Å². The average Bonchev–Trinajstić information content (AvgIpc) is 3.18. The van der Waals surface area contributed by atoms with Crippen LogP contribution in [-0.2, 0) is 41.5 Å². The van der Waals surface area contributed by atoms with E-state index >= 15 is 0 Å². The van der Waals surface area contributed by atoms with Gasteiger partial charge in [-0.25, -0.2) is 0 Å². The first-order valence-corrected chi connectivity index (χ1v) is 17.9. The number of esters is 2. The second-order valence-electron chi connectivity index (χ2n) is 12.8. The molecule has 4 rings (SSSR count). The summed E-state index contributed by atoms with van der Waals surface area (Å²) >= 11 is 12.4. The van der Waals surface area contributed by atoms with E-state index in [9.17, 15) is 39.0 Å². The zero-order valence-corrected chi connectivity index (χ0v) is 31.6. The normalized spacial score (nSPS) is 12.6. The molecular formula is C42H40Cl2O10. The lowest BCUT2D eigenvalue weighted by Crippen LogP contribution is -2.67. The average molecular weight is 776 g/mol.